The number of halogens is 1. The molecule has 2 fully saturated rings. The summed E-state index contributed by atoms with van der Waals surface area (Å²) in [7, 11) is 0. The molecule has 2 aliphatic rings. The number of alkyl halides is 1. The molecular formula is C11H16ClN. The first-order valence-electron chi connectivity index (χ1n) is 5.32. The van der Waals surface area contributed by atoms with E-state index in [0.29, 0.717) is 11.8 Å². The fourth-order valence-corrected chi connectivity index (χ4v) is 2.72. The minimum Gasteiger partial charge on any atom is -0.198 e. The highest BCUT2D eigenvalue weighted by Gasteiger charge is 2.43. The van der Waals surface area contributed by atoms with Crippen molar-refractivity contribution >= 4 is 11.6 Å². The van der Waals surface area contributed by atoms with E-state index in [0.717, 1.165) is 12.8 Å². The third kappa shape index (κ3) is 2.17. The normalized spacial score (nSPS) is 36.6. The monoisotopic (exact) mass is 197 g/mol. The number of nitriles is 1. The van der Waals surface area contributed by atoms with Gasteiger partial charge in [0.1, 0.15) is 0 Å². The van der Waals surface area contributed by atoms with E-state index in [4.69, 9.17) is 16.9 Å². The Balaban J connectivity index is 1.91. The molecule has 2 heteroatoms. The predicted octanol–water partition coefficient (Wildman–Crippen LogP) is 3.48. The second kappa shape index (κ2) is 3.50. The Morgan fingerprint density at radius 2 is 2.00 bits per heavy atom. The van der Waals surface area contributed by atoms with Crippen LogP contribution in [0.5, 0.6) is 0 Å². The van der Waals surface area contributed by atoms with Crippen LogP contribution in [-0.2, 0) is 0 Å². The predicted molar refractivity (Wildman–Crippen MR) is 53.5 cm³/mol. The SMILES string of the molecule is N#C[C@H]1CCCC[C@H]1CC1(Cl)CC1. The van der Waals surface area contributed by atoms with Crippen LogP contribution in [-0.4, -0.2) is 4.87 Å². The van der Waals surface area contributed by atoms with Gasteiger partial charge >= 0.3 is 0 Å². The van der Waals surface area contributed by atoms with Crippen LogP contribution in [0.2, 0.25) is 0 Å². The maximum atomic E-state index is 8.99. The van der Waals surface area contributed by atoms with Crippen LogP contribution in [0.1, 0.15) is 44.9 Å². The van der Waals surface area contributed by atoms with Gasteiger partial charge in [-0.25, -0.2) is 0 Å². The summed E-state index contributed by atoms with van der Waals surface area (Å²) in [5.41, 5.74) is 0. The highest BCUT2D eigenvalue weighted by atomic mass is 35.5. The molecule has 2 saturated carbocycles. The summed E-state index contributed by atoms with van der Waals surface area (Å²) in [6.45, 7) is 0. The van der Waals surface area contributed by atoms with Gasteiger partial charge in [0.05, 0.1) is 6.07 Å². The van der Waals surface area contributed by atoms with E-state index in [1.165, 1.54) is 32.1 Å². The number of hydrogen-bond acceptors (Lipinski definition) is 1. The lowest BCUT2D eigenvalue weighted by molar-refractivity contribution is 0.269. The third-order valence-electron chi connectivity index (χ3n) is 3.50. The minimum absolute atomic E-state index is 0.108. The van der Waals surface area contributed by atoms with Crippen molar-refractivity contribution in [1.29, 1.82) is 5.26 Å². The van der Waals surface area contributed by atoms with Gasteiger partial charge in [-0.3, -0.25) is 0 Å². The van der Waals surface area contributed by atoms with Crippen molar-refractivity contribution in [1.82, 2.24) is 0 Å². The fourth-order valence-electron chi connectivity index (χ4n) is 2.43. The Labute approximate surface area is 85.1 Å². The second-order valence-electron chi connectivity index (χ2n) is 4.64. The van der Waals surface area contributed by atoms with Crippen LogP contribution in [0.25, 0.3) is 0 Å². The van der Waals surface area contributed by atoms with E-state index < -0.39 is 0 Å². The number of rotatable bonds is 2. The lowest BCUT2D eigenvalue weighted by Gasteiger charge is -2.28. The van der Waals surface area contributed by atoms with Crippen molar-refractivity contribution in [2.24, 2.45) is 11.8 Å². The minimum atomic E-state index is 0.108. The van der Waals surface area contributed by atoms with Gasteiger partial charge in [0.25, 0.3) is 0 Å². The summed E-state index contributed by atoms with van der Waals surface area (Å²) >= 11 is 6.29. The zero-order valence-corrected chi connectivity index (χ0v) is 8.69. The molecule has 0 aromatic heterocycles. The molecule has 0 N–H and O–H groups in total. The quantitative estimate of drug-likeness (QED) is 0.622. The zero-order valence-electron chi connectivity index (χ0n) is 7.93. The molecule has 2 atom stereocenters. The first kappa shape index (κ1) is 9.34. The van der Waals surface area contributed by atoms with Crippen LogP contribution in [0.4, 0.5) is 0 Å². The van der Waals surface area contributed by atoms with Crippen LogP contribution < -0.4 is 0 Å². The van der Waals surface area contributed by atoms with Crippen LogP contribution in [0, 0.1) is 23.2 Å². The summed E-state index contributed by atoms with van der Waals surface area (Å²) in [4.78, 5) is 0.108. The molecule has 0 amide bonds. The van der Waals surface area contributed by atoms with Gasteiger partial charge in [0.15, 0.2) is 0 Å². The highest BCUT2D eigenvalue weighted by molar-refractivity contribution is 6.25. The van der Waals surface area contributed by atoms with Gasteiger partial charge < -0.3 is 0 Å². The van der Waals surface area contributed by atoms with E-state index in [9.17, 15) is 0 Å². The fraction of sp³-hybridized carbons (Fsp3) is 0.909. The molecule has 2 rings (SSSR count). The van der Waals surface area contributed by atoms with Crippen molar-refractivity contribution in [3.05, 3.63) is 0 Å². The lowest BCUT2D eigenvalue weighted by Crippen LogP contribution is -2.21. The molecular weight excluding hydrogens is 182 g/mol. The highest BCUT2D eigenvalue weighted by Crippen LogP contribution is 2.50. The number of hydrogen-bond donors (Lipinski definition) is 0. The van der Waals surface area contributed by atoms with Crippen LogP contribution >= 0.6 is 11.6 Å². The molecule has 2 aliphatic carbocycles. The molecule has 13 heavy (non-hydrogen) atoms. The van der Waals surface area contributed by atoms with E-state index in [-0.39, 0.29) is 4.87 Å². The molecule has 0 aliphatic heterocycles. The Hall–Kier alpha value is -0.220. The second-order valence-corrected chi connectivity index (χ2v) is 5.44. The molecule has 0 aromatic carbocycles. The van der Waals surface area contributed by atoms with Gasteiger partial charge in [-0.2, -0.15) is 5.26 Å². The summed E-state index contributed by atoms with van der Waals surface area (Å²) in [5.74, 6) is 0.892. The molecule has 0 saturated heterocycles. The van der Waals surface area contributed by atoms with E-state index in [1.807, 2.05) is 0 Å². The first-order chi connectivity index (χ1) is 6.23. The van der Waals surface area contributed by atoms with Gasteiger partial charge in [0.2, 0.25) is 0 Å². The average Bonchev–Trinajstić information content (AvgIpc) is 2.84. The maximum absolute atomic E-state index is 8.99. The summed E-state index contributed by atoms with van der Waals surface area (Å²) in [6, 6.07) is 2.45. The van der Waals surface area contributed by atoms with Crippen molar-refractivity contribution in [3.63, 3.8) is 0 Å². The van der Waals surface area contributed by atoms with Crippen molar-refractivity contribution in [3.8, 4) is 6.07 Å². The van der Waals surface area contributed by atoms with Crippen LogP contribution in [0.3, 0.4) is 0 Å². The topological polar surface area (TPSA) is 23.8 Å². The smallest absolute Gasteiger partial charge is 0.0658 e. The Morgan fingerprint density at radius 1 is 1.31 bits per heavy atom. The van der Waals surface area contributed by atoms with Crippen molar-refractivity contribution in [2.75, 3.05) is 0 Å². The Bertz CT molecular complexity index is 227. The molecule has 0 heterocycles. The Kier molecular flexibility index (Phi) is 2.51. The standard InChI is InChI=1S/C11H16ClN/c12-11(5-6-11)7-9-3-1-2-4-10(9)8-13/h9-10H,1-7H2/t9-,10+/m0/s1. The van der Waals surface area contributed by atoms with Crippen molar-refractivity contribution in [2.45, 2.75) is 49.8 Å². The molecule has 0 radical (unpaired) electrons. The molecule has 0 spiro atoms. The van der Waals surface area contributed by atoms with Gasteiger partial charge in [-0.15, -0.1) is 11.6 Å². The van der Waals surface area contributed by atoms with Gasteiger partial charge in [-0.1, -0.05) is 12.8 Å². The Morgan fingerprint density at radius 3 is 2.62 bits per heavy atom. The van der Waals surface area contributed by atoms with E-state index >= 15 is 0 Å². The maximum Gasteiger partial charge on any atom is 0.0658 e. The average molecular weight is 198 g/mol. The molecule has 1 nitrogen and oxygen atoms in total. The molecule has 0 unspecified atom stereocenters. The summed E-state index contributed by atoms with van der Waals surface area (Å²) < 4.78 is 0. The van der Waals surface area contributed by atoms with Gasteiger partial charge in [0, 0.05) is 10.8 Å². The van der Waals surface area contributed by atoms with Crippen molar-refractivity contribution < 1.29 is 0 Å². The lowest BCUT2D eigenvalue weighted by atomic mass is 9.77. The number of nitrogens with zero attached hydrogens (tertiary/aromatic N) is 1. The largest absolute Gasteiger partial charge is 0.198 e. The first-order valence-corrected chi connectivity index (χ1v) is 5.70. The molecule has 0 aromatic rings. The summed E-state index contributed by atoms with van der Waals surface area (Å²) in [5, 5.41) is 8.99. The third-order valence-corrected chi connectivity index (χ3v) is 4.03. The molecule has 72 valence electrons. The summed E-state index contributed by atoms with van der Waals surface area (Å²) in [6.07, 6.45) is 8.31. The van der Waals surface area contributed by atoms with Gasteiger partial charge in [-0.05, 0) is 38.0 Å². The zero-order chi connectivity index (χ0) is 9.31. The van der Waals surface area contributed by atoms with E-state index in [1.54, 1.807) is 0 Å². The van der Waals surface area contributed by atoms with E-state index in [2.05, 4.69) is 6.07 Å². The molecule has 0 bridgehead atoms. The van der Waals surface area contributed by atoms with Crippen LogP contribution in [0.15, 0.2) is 0 Å².